The normalized spacial score (nSPS) is 19.5. The van der Waals surface area contributed by atoms with Crippen molar-refractivity contribution in [1.82, 2.24) is 4.57 Å². The molecule has 0 spiro atoms. The van der Waals surface area contributed by atoms with Crippen LogP contribution in [0.25, 0.3) is 21.8 Å². The Kier molecular flexibility index (Phi) is 4.32. The van der Waals surface area contributed by atoms with Gasteiger partial charge in [-0.25, -0.2) is 4.39 Å². The van der Waals surface area contributed by atoms with E-state index in [0.29, 0.717) is 6.42 Å². The first-order valence-corrected chi connectivity index (χ1v) is 11.7. The van der Waals surface area contributed by atoms with E-state index in [9.17, 15) is 9.18 Å². The predicted octanol–water partition coefficient (Wildman–Crippen LogP) is 7.15. The van der Waals surface area contributed by atoms with Gasteiger partial charge in [0.1, 0.15) is 5.82 Å². The van der Waals surface area contributed by atoms with E-state index < -0.39 is 0 Å². The van der Waals surface area contributed by atoms with Gasteiger partial charge >= 0.3 is 0 Å². The summed E-state index contributed by atoms with van der Waals surface area (Å²) >= 11 is 0. The summed E-state index contributed by atoms with van der Waals surface area (Å²) in [4.78, 5) is 13.5. The number of allylic oxidation sites excluding steroid dienone is 2. The number of rotatable bonds is 2. The van der Waals surface area contributed by atoms with Crippen LogP contribution >= 0.6 is 0 Å². The van der Waals surface area contributed by atoms with Crippen molar-refractivity contribution in [2.45, 2.75) is 46.1 Å². The second kappa shape index (κ2) is 7.05. The number of hydrogen-bond acceptors (Lipinski definition) is 2. The highest BCUT2D eigenvalue weighted by Gasteiger charge is 2.40. The van der Waals surface area contributed by atoms with Crippen molar-refractivity contribution in [2.24, 2.45) is 5.41 Å². The molecule has 0 radical (unpaired) electrons. The number of Topliss-reactive ketones (excluding diaryl/α,β-unsaturated/α-hetero) is 1. The van der Waals surface area contributed by atoms with Gasteiger partial charge in [-0.1, -0.05) is 44.2 Å². The van der Waals surface area contributed by atoms with Gasteiger partial charge in [0.25, 0.3) is 0 Å². The summed E-state index contributed by atoms with van der Waals surface area (Å²) < 4.78 is 16.1. The molecule has 1 aromatic heterocycles. The molecule has 0 amide bonds. The summed E-state index contributed by atoms with van der Waals surface area (Å²) in [6.07, 6.45) is 1.35. The summed E-state index contributed by atoms with van der Waals surface area (Å²) in [6, 6.07) is 19.6. The zero-order valence-corrected chi connectivity index (χ0v) is 19.2. The molecule has 1 N–H and O–H groups in total. The topological polar surface area (TPSA) is 34.0 Å². The van der Waals surface area contributed by atoms with Crippen molar-refractivity contribution in [3.63, 3.8) is 0 Å². The van der Waals surface area contributed by atoms with Crippen molar-refractivity contribution < 1.29 is 9.18 Å². The van der Waals surface area contributed by atoms with Crippen LogP contribution in [-0.4, -0.2) is 10.4 Å². The number of fused-ring (bicyclic) bond motifs is 4. The lowest BCUT2D eigenvalue weighted by molar-refractivity contribution is -0.118. The van der Waals surface area contributed by atoms with Crippen molar-refractivity contribution in [3.8, 4) is 0 Å². The number of halogens is 1. The third-order valence-electron chi connectivity index (χ3n) is 7.27. The average Bonchev–Trinajstić information content (AvgIpc) is 3.09. The Balaban J connectivity index is 1.66. The van der Waals surface area contributed by atoms with Crippen LogP contribution in [0.5, 0.6) is 0 Å². The quantitative estimate of drug-likeness (QED) is 0.360. The Morgan fingerprint density at radius 3 is 2.52 bits per heavy atom. The van der Waals surface area contributed by atoms with Gasteiger partial charge in [-0.3, -0.25) is 4.79 Å². The van der Waals surface area contributed by atoms with E-state index in [0.717, 1.165) is 41.1 Å². The maximum Gasteiger partial charge on any atom is 0.162 e. The first-order valence-electron chi connectivity index (χ1n) is 11.7. The molecule has 1 atom stereocenters. The molecule has 0 saturated heterocycles. The number of nitrogens with one attached hydrogen (secondary N) is 1. The monoisotopic (exact) mass is 438 g/mol. The van der Waals surface area contributed by atoms with Crippen molar-refractivity contribution >= 4 is 33.3 Å². The lowest BCUT2D eigenvalue weighted by atomic mass is 9.68. The Morgan fingerprint density at radius 2 is 1.76 bits per heavy atom. The number of para-hydroxylation sites is 1. The molecule has 33 heavy (non-hydrogen) atoms. The molecule has 1 aliphatic heterocycles. The largest absolute Gasteiger partial charge is 0.358 e. The van der Waals surface area contributed by atoms with Crippen LogP contribution in [0, 0.1) is 11.2 Å². The van der Waals surface area contributed by atoms with Crippen LogP contribution in [0.4, 0.5) is 10.1 Å². The molecule has 4 heteroatoms. The molecular formula is C29H27FN2O. The maximum atomic E-state index is 13.8. The summed E-state index contributed by atoms with van der Waals surface area (Å²) in [5, 5.41) is 6.10. The van der Waals surface area contributed by atoms with E-state index >= 15 is 0 Å². The average molecular weight is 439 g/mol. The highest BCUT2D eigenvalue weighted by Crippen LogP contribution is 2.50. The molecular weight excluding hydrogens is 411 g/mol. The van der Waals surface area contributed by atoms with E-state index in [1.165, 1.54) is 33.9 Å². The summed E-state index contributed by atoms with van der Waals surface area (Å²) in [6.45, 7) is 7.32. The standard InChI is InChI=1S/C29H27FN2O/c1-4-32-24-8-6-5-7-19(24)20-13-22-21(14-25(20)32)27(17-9-11-18(30)12-10-17)28-23(31-22)15-29(2,3)16-26(28)33/h5-14,27,31H,4,15-16H2,1-3H3. The molecule has 0 fully saturated rings. The molecule has 2 heterocycles. The van der Waals surface area contributed by atoms with Gasteiger partial charge in [0.05, 0.1) is 0 Å². The predicted molar refractivity (Wildman–Crippen MR) is 132 cm³/mol. The number of ketones is 1. The zero-order valence-electron chi connectivity index (χ0n) is 19.2. The van der Waals surface area contributed by atoms with E-state index in [-0.39, 0.29) is 22.9 Å². The van der Waals surface area contributed by atoms with Crippen LogP contribution in [0.15, 0.2) is 71.9 Å². The first kappa shape index (κ1) is 20.2. The fourth-order valence-electron chi connectivity index (χ4n) is 5.90. The number of benzene rings is 3. The molecule has 3 nitrogen and oxygen atoms in total. The third kappa shape index (κ3) is 3.04. The molecule has 6 rings (SSSR count). The smallest absolute Gasteiger partial charge is 0.162 e. The van der Waals surface area contributed by atoms with Gasteiger partial charge in [0, 0.05) is 57.6 Å². The molecule has 2 aliphatic rings. The fourth-order valence-corrected chi connectivity index (χ4v) is 5.90. The van der Waals surface area contributed by atoms with Crippen LogP contribution in [0.1, 0.15) is 50.7 Å². The van der Waals surface area contributed by atoms with Gasteiger partial charge in [0.15, 0.2) is 5.78 Å². The second-order valence-corrected chi connectivity index (χ2v) is 10.2. The van der Waals surface area contributed by atoms with E-state index in [1.807, 2.05) is 12.1 Å². The Bertz CT molecular complexity index is 1470. The first-order chi connectivity index (χ1) is 15.9. The van der Waals surface area contributed by atoms with Gasteiger partial charge in [0.2, 0.25) is 0 Å². The Hall–Kier alpha value is -3.40. The van der Waals surface area contributed by atoms with Crippen LogP contribution in [0.2, 0.25) is 0 Å². The molecule has 4 aromatic rings. The highest BCUT2D eigenvalue weighted by molar-refractivity contribution is 6.10. The lowest BCUT2D eigenvalue weighted by Gasteiger charge is -2.39. The van der Waals surface area contributed by atoms with Crippen LogP contribution in [0.3, 0.4) is 0 Å². The molecule has 166 valence electrons. The van der Waals surface area contributed by atoms with Crippen molar-refractivity contribution in [3.05, 3.63) is 88.9 Å². The minimum absolute atomic E-state index is 0.0872. The number of carbonyl (C=O) groups excluding carboxylic acids is 1. The minimum Gasteiger partial charge on any atom is -0.358 e. The van der Waals surface area contributed by atoms with Gasteiger partial charge in [-0.2, -0.15) is 0 Å². The van der Waals surface area contributed by atoms with E-state index in [1.54, 1.807) is 0 Å². The molecule has 1 aliphatic carbocycles. The number of carbonyl (C=O) groups is 1. The van der Waals surface area contributed by atoms with Crippen LogP contribution < -0.4 is 5.32 Å². The molecule has 0 bridgehead atoms. The van der Waals surface area contributed by atoms with Gasteiger partial charge < -0.3 is 9.88 Å². The van der Waals surface area contributed by atoms with Crippen molar-refractivity contribution in [2.75, 3.05) is 5.32 Å². The van der Waals surface area contributed by atoms with Crippen LogP contribution in [-0.2, 0) is 11.3 Å². The van der Waals surface area contributed by atoms with Crippen molar-refractivity contribution in [1.29, 1.82) is 0 Å². The third-order valence-corrected chi connectivity index (χ3v) is 7.27. The molecule has 1 unspecified atom stereocenters. The zero-order chi connectivity index (χ0) is 22.9. The fraction of sp³-hybridized carbons (Fsp3) is 0.276. The summed E-state index contributed by atoms with van der Waals surface area (Å²) in [7, 11) is 0. The van der Waals surface area contributed by atoms with Gasteiger partial charge in [-0.15, -0.1) is 0 Å². The molecule has 0 saturated carbocycles. The SMILES string of the molecule is CCn1c2ccccc2c2cc3c(cc21)C(c1ccc(F)cc1)C1=C(CC(C)(C)CC1=O)N3. The minimum atomic E-state index is -0.264. The number of hydrogen-bond donors (Lipinski definition) is 1. The molecule has 3 aromatic carbocycles. The van der Waals surface area contributed by atoms with Gasteiger partial charge in [-0.05, 0) is 60.2 Å². The number of anilines is 1. The maximum absolute atomic E-state index is 13.8. The highest BCUT2D eigenvalue weighted by atomic mass is 19.1. The number of nitrogens with zero attached hydrogens (tertiary/aromatic N) is 1. The Labute approximate surface area is 192 Å². The number of aromatic nitrogens is 1. The van der Waals surface area contributed by atoms with E-state index in [4.69, 9.17) is 0 Å². The Morgan fingerprint density at radius 1 is 1.00 bits per heavy atom. The lowest BCUT2D eigenvalue weighted by Crippen LogP contribution is -2.33. The number of aryl methyl sites for hydroxylation is 1. The van der Waals surface area contributed by atoms with E-state index in [2.05, 4.69) is 67.1 Å². The summed E-state index contributed by atoms with van der Waals surface area (Å²) in [5.41, 5.74) is 7.22. The second-order valence-electron chi connectivity index (χ2n) is 10.2. The summed E-state index contributed by atoms with van der Waals surface area (Å²) in [5.74, 6) is -0.280.